The number of amides is 1. The van der Waals surface area contributed by atoms with Crippen molar-refractivity contribution in [2.75, 3.05) is 38.1 Å². The standard InChI is InChI=1S/C25H33N5O2S/c1-20-7-9-22(10-8-20)29-25(33)28-18-23(31)26-12-3-6-16-32-24-17-21(11-13-27-24)19-30-14-4-2-5-15-30/h3,6-11,13,17H,2,4-5,12,14-16,18-19H2,1H3,(H,26,31)(H2,28,29,33)/b6-3-. The fraction of sp³-hybridized carbons (Fsp3) is 0.400. The van der Waals surface area contributed by atoms with Crippen LogP contribution in [0.4, 0.5) is 5.69 Å². The first-order valence-corrected chi connectivity index (χ1v) is 11.8. The maximum atomic E-state index is 12.0. The number of piperidine rings is 1. The number of carbonyl (C=O) groups is 1. The Hall–Kier alpha value is -2.97. The van der Waals surface area contributed by atoms with Gasteiger partial charge in [0.1, 0.15) is 6.61 Å². The molecule has 1 aliphatic rings. The van der Waals surface area contributed by atoms with Gasteiger partial charge in [0.2, 0.25) is 11.8 Å². The van der Waals surface area contributed by atoms with E-state index >= 15 is 0 Å². The molecule has 2 heterocycles. The molecule has 0 bridgehead atoms. The van der Waals surface area contributed by atoms with Crippen LogP contribution in [0, 0.1) is 6.92 Å². The van der Waals surface area contributed by atoms with Crippen molar-refractivity contribution in [2.45, 2.75) is 32.7 Å². The monoisotopic (exact) mass is 467 g/mol. The quantitative estimate of drug-likeness (QED) is 0.365. The molecule has 0 radical (unpaired) electrons. The van der Waals surface area contributed by atoms with E-state index < -0.39 is 0 Å². The zero-order chi connectivity index (χ0) is 23.3. The summed E-state index contributed by atoms with van der Waals surface area (Å²) in [5, 5.41) is 9.17. The van der Waals surface area contributed by atoms with E-state index in [9.17, 15) is 4.79 Å². The highest BCUT2D eigenvalue weighted by Crippen LogP contribution is 2.15. The molecule has 3 N–H and O–H groups in total. The average Bonchev–Trinajstić information content (AvgIpc) is 2.82. The molecule has 1 saturated heterocycles. The van der Waals surface area contributed by atoms with Crippen molar-refractivity contribution >= 4 is 28.9 Å². The molecule has 2 aromatic rings. The molecule has 0 unspecified atom stereocenters. The lowest BCUT2D eigenvalue weighted by Crippen LogP contribution is -2.38. The molecular weight excluding hydrogens is 434 g/mol. The van der Waals surface area contributed by atoms with Crippen molar-refractivity contribution in [3.63, 3.8) is 0 Å². The van der Waals surface area contributed by atoms with Gasteiger partial charge in [0, 0.05) is 31.0 Å². The van der Waals surface area contributed by atoms with E-state index in [1.54, 1.807) is 6.20 Å². The molecule has 0 atom stereocenters. The maximum absolute atomic E-state index is 12.0. The van der Waals surface area contributed by atoms with Crippen molar-refractivity contribution in [3.8, 4) is 5.88 Å². The predicted molar refractivity (Wildman–Crippen MR) is 136 cm³/mol. The number of aromatic nitrogens is 1. The molecule has 33 heavy (non-hydrogen) atoms. The van der Waals surface area contributed by atoms with Gasteiger partial charge in [0.25, 0.3) is 0 Å². The van der Waals surface area contributed by atoms with E-state index in [4.69, 9.17) is 17.0 Å². The van der Waals surface area contributed by atoms with Crippen LogP contribution in [0.1, 0.15) is 30.4 Å². The lowest BCUT2D eigenvalue weighted by atomic mass is 10.1. The summed E-state index contributed by atoms with van der Waals surface area (Å²) in [6.45, 7) is 6.23. The number of anilines is 1. The second-order valence-electron chi connectivity index (χ2n) is 8.10. The van der Waals surface area contributed by atoms with Crippen LogP contribution in [0.25, 0.3) is 0 Å². The van der Waals surface area contributed by atoms with Gasteiger partial charge in [-0.3, -0.25) is 9.69 Å². The number of thiocarbonyl (C=S) groups is 1. The Balaban J connectivity index is 1.27. The van der Waals surface area contributed by atoms with E-state index in [1.165, 1.54) is 30.4 Å². The van der Waals surface area contributed by atoms with Crippen LogP contribution in [-0.4, -0.2) is 53.7 Å². The smallest absolute Gasteiger partial charge is 0.239 e. The Kier molecular flexibility index (Phi) is 10.1. The Morgan fingerprint density at radius 2 is 1.91 bits per heavy atom. The van der Waals surface area contributed by atoms with E-state index in [2.05, 4.69) is 25.8 Å². The SMILES string of the molecule is Cc1ccc(NC(=S)NCC(=O)NC/C=C\COc2cc(CN3CCCCC3)ccn2)cc1. The number of ether oxygens (including phenoxy) is 1. The van der Waals surface area contributed by atoms with Gasteiger partial charge in [0.05, 0.1) is 6.54 Å². The van der Waals surface area contributed by atoms with Gasteiger partial charge >= 0.3 is 0 Å². The molecule has 0 aliphatic carbocycles. The first-order valence-electron chi connectivity index (χ1n) is 11.4. The highest BCUT2D eigenvalue weighted by atomic mass is 32.1. The number of rotatable bonds is 10. The summed E-state index contributed by atoms with van der Waals surface area (Å²) >= 11 is 5.22. The zero-order valence-electron chi connectivity index (χ0n) is 19.2. The number of hydrogen-bond acceptors (Lipinski definition) is 5. The Morgan fingerprint density at radius 1 is 1.12 bits per heavy atom. The first kappa shape index (κ1) is 24.7. The van der Waals surface area contributed by atoms with E-state index in [-0.39, 0.29) is 12.5 Å². The summed E-state index contributed by atoms with van der Waals surface area (Å²) in [6, 6.07) is 11.9. The molecule has 1 aromatic carbocycles. The predicted octanol–water partition coefficient (Wildman–Crippen LogP) is 3.41. The van der Waals surface area contributed by atoms with E-state index in [0.717, 1.165) is 25.3 Å². The summed E-state index contributed by atoms with van der Waals surface area (Å²) in [5.41, 5.74) is 3.28. The van der Waals surface area contributed by atoms with Crippen LogP contribution in [0.15, 0.2) is 54.7 Å². The minimum absolute atomic E-state index is 0.107. The van der Waals surface area contributed by atoms with Crippen LogP contribution in [0.3, 0.4) is 0 Å². The summed E-state index contributed by atoms with van der Waals surface area (Å²) in [6.07, 6.45) is 9.42. The van der Waals surface area contributed by atoms with Crippen molar-refractivity contribution < 1.29 is 9.53 Å². The van der Waals surface area contributed by atoms with Crippen molar-refractivity contribution in [3.05, 3.63) is 65.9 Å². The highest BCUT2D eigenvalue weighted by Gasteiger charge is 2.10. The fourth-order valence-electron chi connectivity index (χ4n) is 3.50. The number of hydrogen-bond donors (Lipinski definition) is 3. The van der Waals surface area contributed by atoms with E-state index in [0.29, 0.717) is 24.1 Å². The van der Waals surface area contributed by atoms with Crippen molar-refractivity contribution in [1.82, 2.24) is 20.5 Å². The molecule has 1 aliphatic heterocycles. The third-order valence-electron chi connectivity index (χ3n) is 5.28. The molecular formula is C25H33N5O2S. The Labute approximate surface area is 201 Å². The summed E-state index contributed by atoms with van der Waals surface area (Å²) in [5.74, 6) is 0.484. The van der Waals surface area contributed by atoms with Gasteiger partial charge in [0.15, 0.2) is 5.11 Å². The molecule has 1 fully saturated rings. The molecule has 1 amide bonds. The molecule has 0 spiro atoms. The summed E-state index contributed by atoms with van der Waals surface area (Å²) in [7, 11) is 0. The lowest BCUT2D eigenvalue weighted by molar-refractivity contribution is -0.119. The first-order chi connectivity index (χ1) is 16.1. The number of carbonyl (C=O) groups excluding carboxylic acids is 1. The van der Waals surface area contributed by atoms with Crippen LogP contribution in [0.2, 0.25) is 0 Å². The average molecular weight is 468 g/mol. The van der Waals surface area contributed by atoms with Gasteiger partial charge < -0.3 is 20.7 Å². The maximum Gasteiger partial charge on any atom is 0.239 e. The van der Waals surface area contributed by atoms with Gasteiger partial charge in [-0.15, -0.1) is 0 Å². The second kappa shape index (κ2) is 13.5. The van der Waals surface area contributed by atoms with E-state index in [1.807, 2.05) is 55.5 Å². The van der Waals surface area contributed by atoms with Crippen LogP contribution >= 0.6 is 12.2 Å². The van der Waals surface area contributed by atoms with Gasteiger partial charge in [-0.25, -0.2) is 4.98 Å². The molecule has 176 valence electrons. The normalized spacial score (nSPS) is 14.1. The van der Waals surface area contributed by atoms with Gasteiger partial charge in [-0.05, 0) is 74.9 Å². The fourth-order valence-corrected chi connectivity index (χ4v) is 3.69. The number of nitrogens with one attached hydrogen (secondary N) is 3. The van der Waals surface area contributed by atoms with Crippen LogP contribution in [0.5, 0.6) is 5.88 Å². The van der Waals surface area contributed by atoms with Crippen LogP contribution < -0.4 is 20.7 Å². The molecule has 3 rings (SSSR count). The number of benzene rings is 1. The van der Waals surface area contributed by atoms with Gasteiger partial charge in [-0.2, -0.15) is 0 Å². The molecule has 1 aromatic heterocycles. The highest BCUT2D eigenvalue weighted by molar-refractivity contribution is 7.80. The third kappa shape index (κ3) is 9.59. The Bertz CT molecular complexity index is 927. The second-order valence-corrected chi connectivity index (χ2v) is 8.51. The Morgan fingerprint density at radius 3 is 2.70 bits per heavy atom. The van der Waals surface area contributed by atoms with Crippen LogP contribution in [-0.2, 0) is 11.3 Å². The topological polar surface area (TPSA) is 78.5 Å². The summed E-state index contributed by atoms with van der Waals surface area (Å²) < 4.78 is 5.72. The van der Waals surface area contributed by atoms with Gasteiger partial charge in [-0.1, -0.05) is 30.2 Å². The summed E-state index contributed by atoms with van der Waals surface area (Å²) in [4.78, 5) is 18.7. The minimum atomic E-state index is -0.138. The largest absolute Gasteiger partial charge is 0.473 e. The van der Waals surface area contributed by atoms with Crippen molar-refractivity contribution in [1.29, 1.82) is 0 Å². The molecule has 8 heteroatoms. The number of aryl methyl sites for hydroxylation is 1. The molecule has 0 saturated carbocycles. The number of pyridine rings is 1. The minimum Gasteiger partial charge on any atom is -0.473 e. The third-order valence-corrected chi connectivity index (χ3v) is 5.53. The zero-order valence-corrected chi connectivity index (χ0v) is 20.0. The lowest BCUT2D eigenvalue weighted by Gasteiger charge is -2.26. The number of nitrogens with zero attached hydrogens (tertiary/aromatic N) is 2. The molecule has 7 nitrogen and oxygen atoms in total. The van der Waals surface area contributed by atoms with Crippen molar-refractivity contribution in [2.24, 2.45) is 0 Å². The number of likely N-dealkylation sites (tertiary alicyclic amines) is 1.